The zero-order valence-corrected chi connectivity index (χ0v) is 19.5. The van der Waals surface area contributed by atoms with Gasteiger partial charge in [0.15, 0.2) is 0 Å². The average Bonchev–Trinajstić information content (AvgIpc) is 2.76. The highest BCUT2D eigenvalue weighted by Gasteiger charge is 2.57. The summed E-state index contributed by atoms with van der Waals surface area (Å²) in [5.41, 5.74) is 0.903. The van der Waals surface area contributed by atoms with Crippen LogP contribution in [0.1, 0.15) is 83.6 Å². The molecule has 0 aromatic heterocycles. The third-order valence-corrected chi connectivity index (χ3v) is 10.1. The Bertz CT molecular complexity index is 789. The molecule has 0 radical (unpaired) electrons. The Morgan fingerprint density at radius 2 is 1.74 bits per heavy atom. The van der Waals surface area contributed by atoms with Gasteiger partial charge in [-0.15, -0.1) is 0 Å². The van der Waals surface area contributed by atoms with Crippen molar-refractivity contribution in [2.75, 3.05) is 0 Å². The number of nitrogens with one attached hydrogen (secondary N) is 1. The molecule has 5 rings (SSSR count). The van der Waals surface area contributed by atoms with E-state index in [2.05, 4.69) is 24.4 Å². The Balaban J connectivity index is 1.29. The van der Waals surface area contributed by atoms with Crippen molar-refractivity contribution in [1.82, 2.24) is 5.32 Å². The summed E-state index contributed by atoms with van der Waals surface area (Å²) >= 11 is 0. The van der Waals surface area contributed by atoms with Crippen molar-refractivity contribution in [3.63, 3.8) is 0 Å². The predicted octanol–water partition coefficient (Wildman–Crippen LogP) is 5.71. The van der Waals surface area contributed by atoms with Crippen molar-refractivity contribution in [2.45, 2.75) is 90.2 Å². The normalized spacial score (nSPS) is 44.5. The monoisotopic (exact) mass is 423 g/mol. The number of amides is 1. The number of rotatable bonds is 3. The molecule has 1 amide bonds. The first-order valence-electron chi connectivity index (χ1n) is 12.9. The van der Waals surface area contributed by atoms with E-state index in [1.165, 1.54) is 50.5 Å². The van der Waals surface area contributed by atoms with Gasteiger partial charge in [-0.1, -0.05) is 43.7 Å². The molecule has 170 valence electrons. The fourth-order valence-electron chi connectivity index (χ4n) is 8.62. The maximum absolute atomic E-state index is 13.4. The minimum absolute atomic E-state index is 0.160. The first-order valence-corrected chi connectivity index (χ1v) is 12.9. The fraction of sp³-hybridized carbons (Fsp3) is 0.750. The lowest BCUT2D eigenvalue weighted by Gasteiger charge is -2.60. The van der Waals surface area contributed by atoms with Crippen molar-refractivity contribution >= 4 is 5.91 Å². The molecule has 1 aromatic rings. The van der Waals surface area contributed by atoms with Crippen LogP contribution in [-0.4, -0.2) is 16.6 Å². The molecule has 1 aromatic carbocycles. The SMILES string of the molecule is C[C@@]1(O)CC[C@H]2[C@H](CC[C@@H]3[C@@H]2CC[C@]2(C)[C@@H](C(=O)NCc4ccccc4)CCC[C@@H]32)C1. The smallest absolute Gasteiger partial charge is 0.223 e. The minimum atomic E-state index is -0.441. The van der Waals surface area contributed by atoms with E-state index in [1.54, 1.807) is 0 Å². The van der Waals surface area contributed by atoms with Crippen LogP contribution in [0.3, 0.4) is 0 Å². The van der Waals surface area contributed by atoms with Gasteiger partial charge in [-0.25, -0.2) is 0 Å². The van der Waals surface area contributed by atoms with Gasteiger partial charge in [0.1, 0.15) is 0 Å². The van der Waals surface area contributed by atoms with E-state index in [9.17, 15) is 9.90 Å². The second-order valence-corrected chi connectivity index (χ2v) is 11.9. The molecule has 3 heteroatoms. The molecule has 0 heterocycles. The molecule has 0 unspecified atom stereocenters. The standard InChI is InChI=1S/C28H41NO2/c1-27(31)15-13-21-20(17-27)11-12-23-22(21)14-16-28(2)24(23)9-6-10-25(28)26(30)29-18-19-7-4-3-5-8-19/h3-5,7-8,20-25,31H,6,9-18H2,1-2H3,(H,29,30)/t20-,21+,22-,23-,24+,25-,27-,28+/m1/s1. The van der Waals surface area contributed by atoms with Crippen molar-refractivity contribution in [3.8, 4) is 0 Å². The quantitative estimate of drug-likeness (QED) is 0.654. The summed E-state index contributed by atoms with van der Waals surface area (Å²) < 4.78 is 0. The third kappa shape index (κ3) is 3.96. The van der Waals surface area contributed by atoms with E-state index in [1.807, 2.05) is 25.1 Å². The molecular formula is C28H41NO2. The average molecular weight is 424 g/mol. The summed E-state index contributed by atoms with van der Waals surface area (Å²) in [6.45, 7) is 5.15. The second-order valence-electron chi connectivity index (χ2n) is 11.9. The van der Waals surface area contributed by atoms with Crippen LogP contribution in [0.2, 0.25) is 0 Å². The van der Waals surface area contributed by atoms with Crippen molar-refractivity contribution in [3.05, 3.63) is 35.9 Å². The number of carbonyl (C=O) groups excluding carboxylic acids is 1. The van der Waals surface area contributed by atoms with Gasteiger partial charge in [-0.3, -0.25) is 4.79 Å². The molecular weight excluding hydrogens is 382 g/mol. The Morgan fingerprint density at radius 3 is 2.55 bits per heavy atom. The van der Waals surface area contributed by atoms with Crippen molar-refractivity contribution < 1.29 is 9.90 Å². The maximum Gasteiger partial charge on any atom is 0.223 e. The molecule has 0 spiro atoms. The van der Waals surface area contributed by atoms with Crippen LogP contribution in [0.25, 0.3) is 0 Å². The number of hydrogen-bond donors (Lipinski definition) is 2. The first kappa shape index (κ1) is 21.5. The summed E-state index contributed by atoms with van der Waals surface area (Å²) in [6.07, 6.45) is 11.9. The molecule has 0 saturated heterocycles. The molecule has 4 fully saturated rings. The topological polar surface area (TPSA) is 49.3 Å². The Labute approximate surface area is 188 Å². The Kier molecular flexibility index (Phi) is 5.69. The summed E-state index contributed by atoms with van der Waals surface area (Å²) in [5.74, 6) is 4.33. The van der Waals surface area contributed by atoms with Gasteiger partial charge in [-0.2, -0.15) is 0 Å². The largest absolute Gasteiger partial charge is 0.390 e. The van der Waals surface area contributed by atoms with E-state index in [4.69, 9.17) is 0 Å². The van der Waals surface area contributed by atoms with Crippen LogP contribution >= 0.6 is 0 Å². The molecule has 0 bridgehead atoms. The van der Waals surface area contributed by atoms with Crippen LogP contribution in [0, 0.1) is 40.9 Å². The maximum atomic E-state index is 13.4. The highest BCUT2D eigenvalue weighted by molar-refractivity contribution is 5.79. The Hall–Kier alpha value is -1.35. The van der Waals surface area contributed by atoms with E-state index in [0.717, 1.165) is 42.9 Å². The summed E-state index contributed by atoms with van der Waals surface area (Å²) in [5, 5.41) is 13.9. The minimum Gasteiger partial charge on any atom is -0.390 e. The van der Waals surface area contributed by atoms with E-state index < -0.39 is 5.60 Å². The molecule has 3 nitrogen and oxygen atoms in total. The van der Waals surface area contributed by atoms with Crippen LogP contribution in [-0.2, 0) is 11.3 Å². The molecule has 4 aliphatic carbocycles. The van der Waals surface area contributed by atoms with Gasteiger partial charge in [-0.05, 0) is 105 Å². The van der Waals surface area contributed by atoms with E-state index >= 15 is 0 Å². The van der Waals surface area contributed by atoms with Gasteiger partial charge < -0.3 is 10.4 Å². The number of aliphatic hydroxyl groups is 1. The van der Waals surface area contributed by atoms with Crippen LogP contribution in [0.15, 0.2) is 30.3 Å². The highest BCUT2D eigenvalue weighted by Crippen LogP contribution is 2.63. The van der Waals surface area contributed by atoms with E-state index in [0.29, 0.717) is 12.5 Å². The van der Waals surface area contributed by atoms with Gasteiger partial charge in [0, 0.05) is 12.5 Å². The highest BCUT2D eigenvalue weighted by atomic mass is 16.3. The molecule has 0 aliphatic heterocycles. The summed E-state index contributed by atoms with van der Waals surface area (Å²) in [7, 11) is 0. The number of fused-ring (bicyclic) bond motifs is 5. The summed E-state index contributed by atoms with van der Waals surface area (Å²) in [4.78, 5) is 13.4. The van der Waals surface area contributed by atoms with Gasteiger partial charge >= 0.3 is 0 Å². The number of carbonyl (C=O) groups is 1. The third-order valence-electron chi connectivity index (χ3n) is 10.1. The van der Waals surface area contributed by atoms with Gasteiger partial charge in [0.2, 0.25) is 5.91 Å². The van der Waals surface area contributed by atoms with Gasteiger partial charge in [0.05, 0.1) is 5.60 Å². The predicted molar refractivity (Wildman–Crippen MR) is 124 cm³/mol. The second kappa shape index (κ2) is 8.21. The Morgan fingerprint density at radius 1 is 0.968 bits per heavy atom. The lowest BCUT2D eigenvalue weighted by atomic mass is 9.45. The molecule has 8 atom stereocenters. The first-order chi connectivity index (χ1) is 14.9. The number of benzene rings is 1. The lowest BCUT2D eigenvalue weighted by Crippen LogP contribution is -2.56. The zero-order chi connectivity index (χ0) is 21.6. The lowest BCUT2D eigenvalue weighted by molar-refractivity contribution is -0.149. The molecule has 2 N–H and O–H groups in total. The van der Waals surface area contributed by atoms with Crippen LogP contribution in [0.5, 0.6) is 0 Å². The van der Waals surface area contributed by atoms with Crippen LogP contribution < -0.4 is 5.32 Å². The molecule has 4 saturated carbocycles. The summed E-state index contributed by atoms with van der Waals surface area (Å²) in [6, 6.07) is 10.3. The van der Waals surface area contributed by atoms with Crippen LogP contribution in [0.4, 0.5) is 0 Å². The van der Waals surface area contributed by atoms with Crippen molar-refractivity contribution in [2.24, 2.45) is 40.9 Å². The zero-order valence-electron chi connectivity index (χ0n) is 19.5. The molecule has 4 aliphatic rings. The molecule has 31 heavy (non-hydrogen) atoms. The van der Waals surface area contributed by atoms with Gasteiger partial charge in [0.25, 0.3) is 0 Å². The number of hydrogen-bond acceptors (Lipinski definition) is 2. The fourth-order valence-corrected chi connectivity index (χ4v) is 8.62. The van der Waals surface area contributed by atoms with E-state index in [-0.39, 0.29) is 17.2 Å². The van der Waals surface area contributed by atoms with Crippen molar-refractivity contribution in [1.29, 1.82) is 0 Å².